The molecule has 0 saturated heterocycles. The monoisotopic (exact) mass is 364 g/mol. The van der Waals surface area contributed by atoms with Gasteiger partial charge in [0.2, 0.25) is 5.95 Å². The SMILES string of the molecule is CCc1cccc(CC)c1NC(=O)c1cnc(Nc2cccc(F)c2)nc1. The molecule has 6 heteroatoms. The Labute approximate surface area is 157 Å². The summed E-state index contributed by atoms with van der Waals surface area (Å²) in [7, 11) is 0. The Kier molecular flexibility index (Phi) is 5.76. The molecule has 3 aromatic rings. The number of halogens is 1. The zero-order valence-electron chi connectivity index (χ0n) is 15.3. The first-order valence-electron chi connectivity index (χ1n) is 8.87. The third kappa shape index (κ3) is 4.47. The molecule has 138 valence electrons. The Morgan fingerprint density at radius 2 is 1.63 bits per heavy atom. The number of hydrogen-bond acceptors (Lipinski definition) is 4. The summed E-state index contributed by atoms with van der Waals surface area (Å²) >= 11 is 0. The molecule has 27 heavy (non-hydrogen) atoms. The highest BCUT2D eigenvalue weighted by Gasteiger charge is 2.13. The van der Waals surface area contributed by atoms with Crippen molar-refractivity contribution in [3.63, 3.8) is 0 Å². The Bertz CT molecular complexity index is 919. The number of aryl methyl sites for hydroxylation is 2. The second kappa shape index (κ2) is 8.40. The van der Waals surface area contributed by atoms with Crippen molar-refractivity contribution in [1.29, 1.82) is 0 Å². The van der Waals surface area contributed by atoms with Crippen molar-refractivity contribution in [3.8, 4) is 0 Å². The first-order valence-corrected chi connectivity index (χ1v) is 8.87. The van der Waals surface area contributed by atoms with E-state index < -0.39 is 0 Å². The van der Waals surface area contributed by atoms with E-state index in [-0.39, 0.29) is 11.7 Å². The number of aromatic nitrogens is 2. The maximum atomic E-state index is 13.2. The topological polar surface area (TPSA) is 66.9 Å². The van der Waals surface area contributed by atoms with Crippen LogP contribution < -0.4 is 10.6 Å². The van der Waals surface area contributed by atoms with Gasteiger partial charge in [-0.2, -0.15) is 0 Å². The molecule has 0 fully saturated rings. The van der Waals surface area contributed by atoms with Crippen LogP contribution in [0.4, 0.5) is 21.7 Å². The summed E-state index contributed by atoms with van der Waals surface area (Å²) < 4.78 is 13.2. The third-order valence-electron chi connectivity index (χ3n) is 4.23. The highest BCUT2D eigenvalue weighted by atomic mass is 19.1. The summed E-state index contributed by atoms with van der Waals surface area (Å²) in [6.07, 6.45) is 4.56. The molecular formula is C21H21FN4O. The van der Waals surface area contributed by atoms with E-state index in [4.69, 9.17) is 0 Å². The van der Waals surface area contributed by atoms with E-state index in [1.807, 2.05) is 18.2 Å². The first-order chi connectivity index (χ1) is 13.1. The lowest BCUT2D eigenvalue weighted by molar-refractivity contribution is 0.102. The smallest absolute Gasteiger partial charge is 0.258 e. The van der Waals surface area contributed by atoms with E-state index in [0.29, 0.717) is 17.2 Å². The largest absolute Gasteiger partial charge is 0.324 e. The zero-order valence-corrected chi connectivity index (χ0v) is 15.3. The zero-order chi connectivity index (χ0) is 19.2. The molecule has 1 amide bonds. The fourth-order valence-corrected chi connectivity index (χ4v) is 2.79. The predicted molar refractivity (Wildman–Crippen MR) is 105 cm³/mol. The van der Waals surface area contributed by atoms with Crippen molar-refractivity contribution >= 4 is 23.2 Å². The maximum absolute atomic E-state index is 13.2. The van der Waals surface area contributed by atoms with E-state index in [1.165, 1.54) is 24.5 Å². The molecule has 5 nitrogen and oxygen atoms in total. The fourth-order valence-electron chi connectivity index (χ4n) is 2.79. The fraction of sp³-hybridized carbons (Fsp3) is 0.190. The lowest BCUT2D eigenvalue weighted by atomic mass is 10.0. The maximum Gasteiger partial charge on any atom is 0.258 e. The van der Waals surface area contributed by atoms with Crippen molar-refractivity contribution in [3.05, 3.63) is 77.4 Å². The number of benzene rings is 2. The molecule has 0 aliphatic carbocycles. The predicted octanol–water partition coefficient (Wildman–Crippen LogP) is 4.74. The summed E-state index contributed by atoms with van der Waals surface area (Å²) in [4.78, 5) is 20.9. The number of amides is 1. The van der Waals surface area contributed by atoms with Gasteiger partial charge < -0.3 is 10.6 Å². The molecule has 3 rings (SSSR count). The molecule has 0 saturated carbocycles. The number of nitrogens with zero attached hydrogens (tertiary/aromatic N) is 2. The Balaban J connectivity index is 1.75. The minimum Gasteiger partial charge on any atom is -0.324 e. The molecule has 1 aromatic heterocycles. The lowest BCUT2D eigenvalue weighted by Crippen LogP contribution is -2.15. The minimum atomic E-state index is -0.350. The minimum absolute atomic E-state index is 0.261. The molecule has 0 unspecified atom stereocenters. The van der Waals surface area contributed by atoms with Crippen LogP contribution in [0, 0.1) is 5.82 Å². The second-order valence-electron chi connectivity index (χ2n) is 6.04. The van der Waals surface area contributed by atoms with Gasteiger partial charge in [0.15, 0.2) is 0 Å². The number of para-hydroxylation sites is 1. The molecule has 0 bridgehead atoms. The summed E-state index contributed by atoms with van der Waals surface area (Å²) in [5.41, 5.74) is 3.93. The number of hydrogen-bond donors (Lipinski definition) is 2. The standard InChI is InChI=1S/C21H21FN4O/c1-3-14-7-5-8-15(4-2)19(14)26-20(27)16-12-23-21(24-13-16)25-18-10-6-9-17(22)11-18/h5-13H,3-4H2,1-2H3,(H,26,27)(H,23,24,25). The van der Waals surface area contributed by atoms with Crippen LogP contribution in [0.25, 0.3) is 0 Å². The van der Waals surface area contributed by atoms with Gasteiger partial charge in [0.25, 0.3) is 5.91 Å². The Hall–Kier alpha value is -3.28. The molecule has 0 radical (unpaired) electrons. The Morgan fingerprint density at radius 1 is 1.00 bits per heavy atom. The average Bonchev–Trinajstić information content (AvgIpc) is 2.68. The van der Waals surface area contributed by atoms with E-state index in [1.54, 1.807) is 12.1 Å². The molecule has 0 aliphatic heterocycles. The second-order valence-corrected chi connectivity index (χ2v) is 6.04. The van der Waals surface area contributed by atoms with Crippen molar-refractivity contribution in [2.45, 2.75) is 26.7 Å². The molecular weight excluding hydrogens is 343 g/mol. The lowest BCUT2D eigenvalue weighted by Gasteiger charge is -2.14. The van der Waals surface area contributed by atoms with E-state index >= 15 is 0 Å². The first kappa shape index (κ1) is 18.5. The number of carbonyl (C=O) groups excluding carboxylic acids is 1. The molecule has 0 aliphatic rings. The molecule has 0 atom stereocenters. The molecule has 1 heterocycles. The molecule has 2 aromatic carbocycles. The van der Waals surface area contributed by atoms with Gasteiger partial charge in [-0.3, -0.25) is 4.79 Å². The third-order valence-corrected chi connectivity index (χ3v) is 4.23. The van der Waals surface area contributed by atoms with Crippen LogP contribution in [0.15, 0.2) is 54.9 Å². The summed E-state index contributed by atoms with van der Waals surface area (Å²) in [5.74, 6) is -0.319. The van der Waals surface area contributed by atoms with E-state index in [9.17, 15) is 9.18 Å². The quantitative estimate of drug-likeness (QED) is 0.663. The van der Waals surface area contributed by atoms with Gasteiger partial charge in [0, 0.05) is 23.8 Å². The van der Waals surface area contributed by atoms with Crippen molar-refractivity contribution < 1.29 is 9.18 Å². The summed E-state index contributed by atoms with van der Waals surface area (Å²) in [6, 6.07) is 12.0. The van der Waals surface area contributed by atoms with Gasteiger partial charge in [-0.15, -0.1) is 0 Å². The van der Waals surface area contributed by atoms with Crippen LogP contribution >= 0.6 is 0 Å². The van der Waals surface area contributed by atoms with E-state index in [2.05, 4.69) is 34.4 Å². The highest BCUT2D eigenvalue weighted by molar-refractivity contribution is 6.04. The molecule has 2 N–H and O–H groups in total. The normalized spacial score (nSPS) is 10.5. The Morgan fingerprint density at radius 3 is 2.22 bits per heavy atom. The van der Waals surface area contributed by atoms with Crippen molar-refractivity contribution in [1.82, 2.24) is 9.97 Å². The number of nitrogens with one attached hydrogen (secondary N) is 2. The van der Waals surface area contributed by atoms with Crippen molar-refractivity contribution in [2.75, 3.05) is 10.6 Å². The summed E-state index contributed by atoms with van der Waals surface area (Å²) in [5, 5.41) is 5.89. The average molecular weight is 364 g/mol. The van der Waals surface area contributed by atoms with E-state index in [0.717, 1.165) is 29.7 Å². The highest BCUT2D eigenvalue weighted by Crippen LogP contribution is 2.23. The van der Waals surface area contributed by atoms with Gasteiger partial charge in [-0.1, -0.05) is 38.1 Å². The molecule has 0 spiro atoms. The van der Waals surface area contributed by atoms with Gasteiger partial charge in [-0.05, 0) is 42.2 Å². The van der Waals surface area contributed by atoms with Crippen LogP contribution in [0.3, 0.4) is 0 Å². The van der Waals surface area contributed by atoms with Crippen LogP contribution in [0.5, 0.6) is 0 Å². The summed E-state index contributed by atoms with van der Waals surface area (Å²) in [6.45, 7) is 4.11. The van der Waals surface area contributed by atoms with Gasteiger partial charge in [-0.25, -0.2) is 14.4 Å². The van der Waals surface area contributed by atoms with Crippen LogP contribution in [0.2, 0.25) is 0 Å². The number of carbonyl (C=O) groups is 1. The van der Waals surface area contributed by atoms with Crippen LogP contribution in [-0.2, 0) is 12.8 Å². The number of rotatable bonds is 6. The van der Waals surface area contributed by atoms with Crippen LogP contribution in [-0.4, -0.2) is 15.9 Å². The van der Waals surface area contributed by atoms with Gasteiger partial charge in [0.1, 0.15) is 5.82 Å². The van der Waals surface area contributed by atoms with Gasteiger partial charge in [0.05, 0.1) is 5.56 Å². The number of anilines is 3. The van der Waals surface area contributed by atoms with Crippen LogP contribution in [0.1, 0.15) is 35.3 Å². The van der Waals surface area contributed by atoms with Gasteiger partial charge >= 0.3 is 0 Å². The van der Waals surface area contributed by atoms with Crippen molar-refractivity contribution in [2.24, 2.45) is 0 Å².